The largest absolute Gasteiger partial charge is 0.329 e. The summed E-state index contributed by atoms with van der Waals surface area (Å²) in [5.74, 6) is 0. The van der Waals surface area contributed by atoms with Crippen LogP contribution >= 0.6 is 11.3 Å². The fourth-order valence-electron chi connectivity index (χ4n) is 0.813. The number of hydrogen-bond acceptors (Lipinski definition) is 3. The van der Waals surface area contributed by atoms with Gasteiger partial charge in [0.25, 0.3) is 6.43 Å². The Bertz CT molecular complexity index is 249. The highest BCUT2D eigenvalue weighted by molar-refractivity contribution is 7.10. The normalized spacial score (nSPS) is 13.8. The Morgan fingerprint density at radius 2 is 2.17 bits per heavy atom. The lowest BCUT2D eigenvalue weighted by atomic mass is 10.1. The van der Waals surface area contributed by atoms with Crippen molar-refractivity contribution in [3.05, 3.63) is 21.9 Å². The predicted octanol–water partition coefficient (Wildman–Crippen LogP) is 1.64. The maximum Gasteiger partial charge on any atom is 0.272 e. The van der Waals surface area contributed by atoms with Crippen LogP contribution in [0.15, 0.2) is 11.4 Å². The van der Waals surface area contributed by atoms with Gasteiger partial charge in [-0.25, -0.2) is 8.78 Å². The van der Waals surface area contributed by atoms with Crippen molar-refractivity contribution < 1.29 is 8.78 Å². The average molecular weight is 192 g/mol. The lowest BCUT2D eigenvalue weighted by Gasteiger charge is -2.03. The summed E-state index contributed by atoms with van der Waals surface area (Å²) in [5, 5.41) is 1.62. The summed E-state index contributed by atoms with van der Waals surface area (Å²) in [6, 6.07) is 1.08. The van der Waals surface area contributed by atoms with Gasteiger partial charge in [0.1, 0.15) is 0 Å². The van der Waals surface area contributed by atoms with Gasteiger partial charge >= 0.3 is 0 Å². The molecule has 0 aliphatic carbocycles. The van der Waals surface area contributed by atoms with E-state index in [1.807, 2.05) is 0 Å². The summed E-state index contributed by atoms with van der Waals surface area (Å²) in [5.41, 5.74) is 11.5. The van der Waals surface area contributed by atoms with E-state index in [0.717, 1.165) is 11.3 Å². The monoisotopic (exact) mass is 192 g/mol. The van der Waals surface area contributed by atoms with Crippen LogP contribution in [-0.4, -0.2) is 6.54 Å². The molecule has 4 N–H and O–H groups in total. The van der Waals surface area contributed by atoms with Crippen LogP contribution in [0.25, 0.3) is 0 Å². The molecule has 2 nitrogen and oxygen atoms in total. The molecule has 1 aromatic rings. The van der Waals surface area contributed by atoms with Gasteiger partial charge < -0.3 is 11.5 Å². The summed E-state index contributed by atoms with van der Waals surface area (Å²) >= 11 is 1.02. The maximum atomic E-state index is 12.1. The number of alkyl halides is 2. The van der Waals surface area contributed by atoms with E-state index in [1.165, 1.54) is 6.07 Å². The van der Waals surface area contributed by atoms with Gasteiger partial charge in [-0.2, -0.15) is 0 Å². The maximum absolute atomic E-state index is 12.1. The zero-order chi connectivity index (χ0) is 9.14. The molecule has 0 spiro atoms. The fraction of sp³-hybridized carbons (Fsp3) is 0.429. The van der Waals surface area contributed by atoms with Crippen molar-refractivity contribution in [3.63, 3.8) is 0 Å². The lowest BCUT2D eigenvalue weighted by Crippen LogP contribution is -2.19. The molecule has 1 atom stereocenters. The standard InChI is InChI=1S/C7H10F2N2S/c8-7(9)6-1-4(3-12-6)5(11)2-10/h1,3,5,7H,2,10-11H2/t5-/m1/s1. The summed E-state index contributed by atoms with van der Waals surface area (Å²) in [4.78, 5) is 0.0499. The quantitative estimate of drug-likeness (QED) is 0.765. The molecule has 0 aliphatic heterocycles. The third-order valence-electron chi connectivity index (χ3n) is 1.54. The van der Waals surface area contributed by atoms with Crippen LogP contribution in [0.1, 0.15) is 22.9 Å². The van der Waals surface area contributed by atoms with Crippen LogP contribution < -0.4 is 11.5 Å². The highest BCUT2D eigenvalue weighted by atomic mass is 32.1. The van der Waals surface area contributed by atoms with E-state index in [1.54, 1.807) is 5.38 Å². The fourth-order valence-corrected chi connectivity index (χ4v) is 1.64. The second-order valence-corrected chi connectivity index (χ2v) is 3.37. The van der Waals surface area contributed by atoms with Gasteiger partial charge in [0, 0.05) is 12.6 Å². The molecule has 68 valence electrons. The van der Waals surface area contributed by atoms with Crippen LogP contribution in [0.5, 0.6) is 0 Å². The first kappa shape index (κ1) is 9.57. The number of thiophene rings is 1. The number of nitrogens with two attached hydrogens (primary N) is 2. The van der Waals surface area contributed by atoms with Crippen molar-refractivity contribution in [2.45, 2.75) is 12.5 Å². The van der Waals surface area contributed by atoms with Crippen molar-refractivity contribution in [1.82, 2.24) is 0 Å². The van der Waals surface area contributed by atoms with Gasteiger partial charge in [0.2, 0.25) is 0 Å². The highest BCUT2D eigenvalue weighted by Gasteiger charge is 2.12. The van der Waals surface area contributed by atoms with Crippen molar-refractivity contribution in [2.75, 3.05) is 6.54 Å². The van der Waals surface area contributed by atoms with Crippen molar-refractivity contribution >= 4 is 11.3 Å². The predicted molar refractivity (Wildman–Crippen MR) is 45.3 cm³/mol. The van der Waals surface area contributed by atoms with E-state index in [0.29, 0.717) is 5.56 Å². The lowest BCUT2D eigenvalue weighted by molar-refractivity contribution is 0.155. The third kappa shape index (κ3) is 2.00. The molecule has 0 bridgehead atoms. The van der Waals surface area contributed by atoms with E-state index in [2.05, 4.69) is 0 Å². The first-order valence-electron chi connectivity index (χ1n) is 3.47. The van der Waals surface area contributed by atoms with Crippen LogP contribution in [0.2, 0.25) is 0 Å². The van der Waals surface area contributed by atoms with Gasteiger partial charge in [-0.1, -0.05) is 0 Å². The van der Waals surface area contributed by atoms with E-state index in [9.17, 15) is 8.78 Å². The first-order chi connectivity index (χ1) is 5.65. The Labute approximate surface area is 73.2 Å². The molecule has 0 aliphatic rings. The third-order valence-corrected chi connectivity index (χ3v) is 2.50. The molecule has 0 aromatic carbocycles. The van der Waals surface area contributed by atoms with Crippen LogP contribution in [0.4, 0.5) is 8.78 Å². The minimum Gasteiger partial charge on any atom is -0.329 e. The van der Waals surface area contributed by atoms with Crippen molar-refractivity contribution in [2.24, 2.45) is 11.5 Å². The molecule has 0 fully saturated rings. The summed E-state index contributed by atoms with van der Waals surface area (Å²) in [6.45, 7) is 0.277. The number of hydrogen-bond donors (Lipinski definition) is 2. The van der Waals surface area contributed by atoms with Gasteiger partial charge in [0.05, 0.1) is 4.88 Å². The van der Waals surface area contributed by atoms with E-state index in [-0.39, 0.29) is 17.5 Å². The molecule has 12 heavy (non-hydrogen) atoms. The van der Waals surface area contributed by atoms with Gasteiger partial charge in [0.15, 0.2) is 0 Å². The average Bonchev–Trinajstić information content (AvgIpc) is 2.51. The molecule has 1 heterocycles. The second-order valence-electron chi connectivity index (χ2n) is 2.43. The highest BCUT2D eigenvalue weighted by Crippen LogP contribution is 2.27. The topological polar surface area (TPSA) is 52.0 Å². The van der Waals surface area contributed by atoms with Gasteiger partial charge in [-0.3, -0.25) is 0 Å². The molecular formula is C7H10F2N2S. The molecule has 5 heteroatoms. The van der Waals surface area contributed by atoms with Crippen LogP contribution in [0, 0.1) is 0 Å². The van der Waals surface area contributed by atoms with Gasteiger partial charge in [-0.15, -0.1) is 11.3 Å². The van der Waals surface area contributed by atoms with Crippen molar-refractivity contribution in [3.8, 4) is 0 Å². The minimum atomic E-state index is -2.41. The van der Waals surface area contributed by atoms with E-state index < -0.39 is 6.43 Å². The molecule has 0 radical (unpaired) electrons. The zero-order valence-corrected chi connectivity index (χ0v) is 7.15. The molecule has 0 amide bonds. The molecule has 0 saturated heterocycles. The molecular weight excluding hydrogens is 182 g/mol. The molecule has 1 aromatic heterocycles. The minimum absolute atomic E-state index is 0.0499. The smallest absolute Gasteiger partial charge is 0.272 e. The molecule has 0 saturated carbocycles. The number of halogens is 2. The Hall–Kier alpha value is -0.520. The first-order valence-corrected chi connectivity index (χ1v) is 4.35. The Morgan fingerprint density at radius 3 is 2.58 bits per heavy atom. The molecule has 0 unspecified atom stereocenters. The van der Waals surface area contributed by atoms with Crippen LogP contribution in [-0.2, 0) is 0 Å². The Balaban J connectivity index is 2.77. The number of rotatable bonds is 3. The zero-order valence-electron chi connectivity index (χ0n) is 6.34. The summed E-state index contributed by atoms with van der Waals surface area (Å²) in [7, 11) is 0. The Kier molecular flexibility index (Phi) is 3.13. The second kappa shape index (κ2) is 3.93. The van der Waals surface area contributed by atoms with Gasteiger partial charge in [-0.05, 0) is 17.0 Å². The van der Waals surface area contributed by atoms with Crippen LogP contribution in [0.3, 0.4) is 0 Å². The summed E-state index contributed by atoms with van der Waals surface area (Å²) in [6.07, 6.45) is -2.41. The van der Waals surface area contributed by atoms with Crippen molar-refractivity contribution in [1.29, 1.82) is 0 Å². The molecule has 1 rings (SSSR count). The SMILES string of the molecule is NC[C@@H](N)c1csc(C(F)F)c1. The Morgan fingerprint density at radius 1 is 1.50 bits per heavy atom. The van der Waals surface area contributed by atoms with E-state index >= 15 is 0 Å². The summed E-state index contributed by atoms with van der Waals surface area (Å²) < 4.78 is 24.2. The van der Waals surface area contributed by atoms with E-state index in [4.69, 9.17) is 11.5 Å².